The quantitative estimate of drug-likeness (QED) is 0.336. The molecule has 3 N–H and O–H groups in total. The number of carbonyl (C=O) groups excluding carboxylic acids is 1. The van der Waals surface area contributed by atoms with Gasteiger partial charge >= 0.3 is 6.09 Å². The number of ether oxygens (including phenoxy) is 2. The number of aliphatic imine (C=N–C) groups is 1. The fourth-order valence-corrected chi connectivity index (χ4v) is 2.27. The van der Waals surface area contributed by atoms with Crippen molar-refractivity contribution in [2.24, 2.45) is 10.7 Å². The largest absolute Gasteiger partial charge is 0.495 e. The summed E-state index contributed by atoms with van der Waals surface area (Å²) in [6.45, 7) is 7.92. The van der Waals surface area contributed by atoms with Crippen LogP contribution in [0.5, 0.6) is 5.75 Å². The Morgan fingerprint density at radius 1 is 1.41 bits per heavy atom. The molecule has 1 rings (SSSR count). The van der Waals surface area contributed by atoms with Crippen molar-refractivity contribution in [3.63, 3.8) is 0 Å². The summed E-state index contributed by atoms with van der Waals surface area (Å²) in [5.41, 5.74) is 6.09. The summed E-state index contributed by atoms with van der Waals surface area (Å²) in [5, 5.41) is 3.46. The van der Waals surface area contributed by atoms with Crippen LogP contribution in [0, 0.1) is 0 Å². The molecule has 1 aromatic carbocycles. The third-order valence-electron chi connectivity index (χ3n) is 3.60. The van der Waals surface area contributed by atoms with E-state index in [2.05, 4.69) is 10.3 Å². The number of guanidine groups is 1. The maximum atomic E-state index is 12.0. The van der Waals surface area contributed by atoms with E-state index in [1.165, 1.54) is 0 Å². The van der Waals surface area contributed by atoms with Crippen LogP contribution in [-0.4, -0.2) is 49.3 Å². The zero-order valence-corrected chi connectivity index (χ0v) is 19.8. The highest BCUT2D eigenvalue weighted by atomic mass is 127. The van der Waals surface area contributed by atoms with Crippen LogP contribution in [0.3, 0.4) is 0 Å². The van der Waals surface area contributed by atoms with Crippen molar-refractivity contribution in [2.45, 2.75) is 45.8 Å². The van der Waals surface area contributed by atoms with Crippen LogP contribution >= 0.6 is 35.6 Å². The number of amides is 1. The van der Waals surface area contributed by atoms with Crippen LogP contribution < -0.4 is 15.8 Å². The van der Waals surface area contributed by atoms with Crippen molar-refractivity contribution in [3.05, 3.63) is 23.2 Å². The van der Waals surface area contributed by atoms with E-state index >= 15 is 0 Å². The first kappa shape index (κ1) is 25.6. The van der Waals surface area contributed by atoms with Crippen molar-refractivity contribution in [1.82, 2.24) is 4.90 Å². The maximum Gasteiger partial charge on any atom is 0.410 e. The molecule has 0 aliphatic heterocycles. The molecule has 0 spiro atoms. The van der Waals surface area contributed by atoms with E-state index in [-0.39, 0.29) is 42.1 Å². The average molecular weight is 513 g/mol. The standard InChI is InChI=1S/C18H29ClN4O3.HI/c1-12(23(5)17(24)26-18(2,3)4)9-10-21-16(20)22-13-7-8-15(25-6)14(19)11-13;/h7-8,11-12H,9-10H2,1-6H3,(H3,20,21,22);1H. The number of nitrogens with one attached hydrogen (secondary N) is 1. The molecular weight excluding hydrogens is 483 g/mol. The van der Waals surface area contributed by atoms with Crippen molar-refractivity contribution >= 4 is 53.3 Å². The molecule has 0 aliphatic rings. The molecule has 9 heteroatoms. The molecule has 27 heavy (non-hydrogen) atoms. The van der Waals surface area contributed by atoms with Gasteiger partial charge in [-0.05, 0) is 52.3 Å². The summed E-state index contributed by atoms with van der Waals surface area (Å²) in [5.74, 6) is 0.866. The third kappa shape index (κ3) is 9.37. The number of halogens is 2. The fraction of sp³-hybridized carbons (Fsp3) is 0.556. The Balaban J connectivity index is 0.00000676. The molecule has 0 heterocycles. The third-order valence-corrected chi connectivity index (χ3v) is 3.89. The van der Waals surface area contributed by atoms with Gasteiger partial charge < -0.3 is 25.4 Å². The summed E-state index contributed by atoms with van der Waals surface area (Å²) < 4.78 is 10.5. The second-order valence-electron chi connectivity index (χ2n) is 6.97. The number of nitrogens with two attached hydrogens (primary N) is 1. The SMILES string of the molecule is COc1ccc(NC(N)=NCCC(C)N(C)C(=O)OC(C)(C)C)cc1Cl.I. The second kappa shape index (κ2) is 11.4. The molecule has 1 unspecified atom stereocenters. The summed E-state index contributed by atoms with van der Waals surface area (Å²) in [7, 11) is 3.27. The number of hydrogen-bond acceptors (Lipinski definition) is 4. The molecular formula is C18H30ClIN4O3. The highest BCUT2D eigenvalue weighted by Crippen LogP contribution is 2.27. The van der Waals surface area contributed by atoms with Gasteiger partial charge in [-0.3, -0.25) is 4.99 Å². The zero-order chi connectivity index (χ0) is 19.9. The first-order valence-electron chi connectivity index (χ1n) is 8.39. The fourth-order valence-electron chi connectivity index (χ4n) is 2.01. The van der Waals surface area contributed by atoms with Crippen LogP contribution in [0.4, 0.5) is 10.5 Å². The summed E-state index contributed by atoms with van der Waals surface area (Å²) in [6.07, 6.45) is 0.301. The maximum absolute atomic E-state index is 12.0. The lowest BCUT2D eigenvalue weighted by Gasteiger charge is -2.28. The predicted molar refractivity (Wildman–Crippen MR) is 122 cm³/mol. The van der Waals surface area contributed by atoms with Crippen LogP contribution in [0.25, 0.3) is 0 Å². The van der Waals surface area contributed by atoms with Crippen molar-refractivity contribution in [1.29, 1.82) is 0 Å². The van der Waals surface area contributed by atoms with Crippen molar-refractivity contribution < 1.29 is 14.3 Å². The molecule has 0 fully saturated rings. The van der Waals surface area contributed by atoms with Gasteiger partial charge in [0.05, 0.1) is 12.1 Å². The Hall–Kier alpha value is -1.42. The van der Waals surface area contributed by atoms with Crippen molar-refractivity contribution in [3.8, 4) is 5.75 Å². The van der Waals surface area contributed by atoms with Gasteiger partial charge in [0.25, 0.3) is 0 Å². The molecule has 154 valence electrons. The highest BCUT2D eigenvalue weighted by Gasteiger charge is 2.22. The molecule has 1 amide bonds. The Morgan fingerprint density at radius 2 is 2.04 bits per heavy atom. The van der Waals surface area contributed by atoms with E-state index < -0.39 is 5.60 Å². The second-order valence-corrected chi connectivity index (χ2v) is 7.38. The van der Waals surface area contributed by atoms with Crippen LogP contribution in [0.2, 0.25) is 5.02 Å². The average Bonchev–Trinajstić information content (AvgIpc) is 2.52. The lowest BCUT2D eigenvalue weighted by Crippen LogP contribution is -2.39. The summed E-state index contributed by atoms with van der Waals surface area (Å²) in [6, 6.07) is 5.22. The van der Waals surface area contributed by atoms with Gasteiger partial charge in [-0.25, -0.2) is 4.79 Å². The Bertz CT molecular complexity index is 650. The number of benzene rings is 1. The molecule has 0 aliphatic carbocycles. The molecule has 0 saturated carbocycles. The van der Waals surface area contributed by atoms with E-state index in [9.17, 15) is 4.79 Å². The Kier molecular flexibility index (Phi) is 10.8. The number of nitrogens with zero attached hydrogens (tertiary/aromatic N) is 2. The molecule has 0 radical (unpaired) electrons. The first-order chi connectivity index (χ1) is 12.0. The molecule has 1 atom stereocenters. The predicted octanol–water partition coefficient (Wildman–Crippen LogP) is 4.34. The smallest absolute Gasteiger partial charge is 0.410 e. The summed E-state index contributed by atoms with van der Waals surface area (Å²) in [4.78, 5) is 17.9. The van der Waals surface area contributed by atoms with E-state index in [1.54, 1.807) is 37.3 Å². The topological polar surface area (TPSA) is 89.2 Å². The molecule has 7 nitrogen and oxygen atoms in total. The van der Waals surface area contributed by atoms with Gasteiger partial charge in [0.1, 0.15) is 11.4 Å². The van der Waals surface area contributed by atoms with Crippen molar-refractivity contribution in [2.75, 3.05) is 26.0 Å². The number of hydrogen-bond donors (Lipinski definition) is 2. The number of anilines is 1. The Labute approximate surface area is 183 Å². The molecule has 0 bridgehead atoms. The van der Waals surface area contributed by atoms with E-state index in [1.807, 2.05) is 27.7 Å². The lowest BCUT2D eigenvalue weighted by atomic mass is 10.2. The van der Waals surface area contributed by atoms with Gasteiger partial charge in [-0.2, -0.15) is 0 Å². The van der Waals surface area contributed by atoms with Gasteiger partial charge in [-0.15, -0.1) is 24.0 Å². The van der Waals surface area contributed by atoms with E-state index in [0.29, 0.717) is 23.7 Å². The normalized spacial score (nSPS) is 12.6. The number of carbonyl (C=O) groups is 1. The van der Waals surface area contributed by atoms with Gasteiger partial charge in [0.15, 0.2) is 5.96 Å². The molecule has 1 aromatic rings. The highest BCUT2D eigenvalue weighted by molar-refractivity contribution is 14.0. The minimum atomic E-state index is -0.517. The molecule has 0 aromatic heterocycles. The minimum absolute atomic E-state index is 0. The monoisotopic (exact) mass is 512 g/mol. The lowest BCUT2D eigenvalue weighted by molar-refractivity contribution is 0.0231. The number of methoxy groups -OCH3 is 1. The van der Waals surface area contributed by atoms with E-state index in [4.69, 9.17) is 26.8 Å². The van der Waals surface area contributed by atoms with Gasteiger partial charge in [-0.1, -0.05) is 11.6 Å². The molecule has 0 saturated heterocycles. The Morgan fingerprint density at radius 3 is 2.56 bits per heavy atom. The first-order valence-corrected chi connectivity index (χ1v) is 8.77. The van der Waals surface area contributed by atoms with Gasteiger partial charge in [0.2, 0.25) is 0 Å². The van der Waals surface area contributed by atoms with Crippen LogP contribution in [0.15, 0.2) is 23.2 Å². The van der Waals surface area contributed by atoms with Crippen LogP contribution in [0.1, 0.15) is 34.1 Å². The minimum Gasteiger partial charge on any atom is -0.495 e. The van der Waals surface area contributed by atoms with Crippen LogP contribution in [-0.2, 0) is 4.74 Å². The summed E-state index contributed by atoms with van der Waals surface area (Å²) >= 11 is 6.07. The van der Waals surface area contributed by atoms with E-state index in [0.717, 1.165) is 5.69 Å². The number of rotatable bonds is 6. The zero-order valence-electron chi connectivity index (χ0n) is 16.7. The van der Waals surface area contributed by atoms with Gasteiger partial charge in [0, 0.05) is 25.3 Å².